The van der Waals surface area contributed by atoms with Crippen LogP contribution in [0, 0.1) is 36.5 Å². The summed E-state index contributed by atoms with van der Waals surface area (Å²) in [5, 5.41) is 19.7. The summed E-state index contributed by atoms with van der Waals surface area (Å²) in [6.07, 6.45) is 3.78. The molecule has 0 spiro atoms. The highest BCUT2D eigenvalue weighted by Gasteiger charge is 2.05. The van der Waals surface area contributed by atoms with Crippen molar-refractivity contribution in [3.8, 4) is 34.4 Å². The molecule has 40 heavy (non-hydrogen) atoms. The molecule has 5 rings (SSSR count). The smallest absolute Gasteiger partial charge is 0.0998 e. The fourth-order valence-electron chi connectivity index (χ4n) is 4.56. The summed E-state index contributed by atoms with van der Waals surface area (Å²) in [5.74, 6) is 0. The van der Waals surface area contributed by atoms with Crippen LogP contribution in [0.25, 0.3) is 45.6 Å². The second-order valence-electron chi connectivity index (χ2n) is 9.89. The van der Waals surface area contributed by atoms with Crippen molar-refractivity contribution in [2.75, 3.05) is 0 Å². The molecule has 0 aliphatic carbocycles. The number of aryl methyl sites for hydroxylation is 2. The van der Waals surface area contributed by atoms with Crippen molar-refractivity contribution in [2.45, 2.75) is 13.8 Å². The maximum Gasteiger partial charge on any atom is 0.0998 e. The molecule has 5 aromatic rings. The zero-order valence-corrected chi connectivity index (χ0v) is 22.6. The summed E-state index contributed by atoms with van der Waals surface area (Å²) in [6.45, 7) is 4.15. The zero-order chi connectivity index (χ0) is 27.9. The number of benzene rings is 5. The molecule has 2 nitrogen and oxygen atoms in total. The predicted octanol–water partition coefficient (Wildman–Crippen LogP) is 9.77. The fraction of sp³-hybridized carbons (Fsp3) is 0.0526. The van der Waals surface area contributed by atoms with E-state index in [1.807, 2.05) is 60.7 Å². The number of hydrogen-bond donors (Lipinski definition) is 0. The largest absolute Gasteiger partial charge is 0.192 e. The van der Waals surface area contributed by atoms with Gasteiger partial charge in [0.15, 0.2) is 0 Å². The molecule has 0 unspecified atom stereocenters. The molecule has 0 amide bonds. The van der Waals surface area contributed by atoms with E-state index in [1.54, 1.807) is 0 Å². The minimum atomic E-state index is 0.602. The topological polar surface area (TPSA) is 47.6 Å². The van der Waals surface area contributed by atoms with Crippen LogP contribution >= 0.6 is 0 Å². The van der Waals surface area contributed by atoms with Crippen LogP contribution < -0.4 is 0 Å². The molecule has 0 fully saturated rings. The van der Waals surface area contributed by atoms with E-state index in [4.69, 9.17) is 0 Å². The van der Waals surface area contributed by atoms with Crippen LogP contribution in [0.2, 0.25) is 0 Å². The van der Waals surface area contributed by atoms with Crippen molar-refractivity contribution >= 4 is 23.3 Å². The Morgan fingerprint density at radius 1 is 0.425 bits per heavy atom. The van der Waals surface area contributed by atoms with Gasteiger partial charge >= 0.3 is 0 Å². The molecular formula is C38H28N2. The third kappa shape index (κ3) is 6.16. The van der Waals surface area contributed by atoms with Crippen molar-refractivity contribution < 1.29 is 0 Å². The molecule has 0 aliphatic heterocycles. The van der Waals surface area contributed by atoms with Gasteiger partial charge in [-0.2, -0.15) is 10.5 Å². The Labute approximate surface area is 236 Å². The van der Waals surface area contributed by atoms with E-state index < -0.39 is 0 Å². The average molecular weight is 513 g/mol. The number of nitrogens with zero attached hydrogens (tertiary/aromatic N) is 2. The van der Waals surface area contributed by atoms with Crippen LogP contribution in [0.5, 0.6) is 0 Å². The Kier molecular flexibility index (Phi) is 7.82. The van der Waals surface area contributed by atoms with E-state index >= 15 is 0 Å². The lowest BCUT2D eigenvalue weighted by atomic mass is 9.98. The highest BCUT2D eigenvalue weighted by atomic mass is 14.3. The Bertz CT molecular complexity index is 1620. The number of allylic oxidation sites excluding steroid dienone is 2. The summed E-state index contributed by atoms with van der Waals surface area (Å²) in [4.78, 5) is 0. The van der Waals surface area contributed by atoms with Gasteiger partial charge in [-0.05, 0) is 70.5 Å². The maximum atomic E-state index is 9.83. The van der Waals surface area contributed by atoms with Gasteiger partial charge in [0, 0.05) is 0 Å². The standard InChI is InChI=1S/C38H28N2/c1-27-3-11-31(12-4-27)33-15-19-35(20-16-33)37(25-39)23-29-7-9-30(10-8-29)24-38(26-40)36-21-17-34(18-22-36)32-13-5-28(2)6-14-32/h3-24H,1-2H3/b37-23-,38-24+. The van der Waals surface area contributed by atoms with Crippen LogP contribution in [0.3, 0.4) is 0 Å². The van der Waals surface area contributed by atoms with Crippen LogP contribution in [0.1, 0.15) is 33.4 Å². The van der Waals surface area contributed by atoms with E-state index in [1.165, 1.54) is 11.1 Å². The first kappa shape index (κ1) is 26.2. The van der Waals surface area contributed by atoms with Gasteiger partial charge in [0.2, 0.25) is 0 Å². The van der Waals surface area contributed by atoms with Gasteiger partial charge in [-0.25, -0.2) is 0 Å². The molecule has 5 aromatic carbocycles. The average Bonchev–Trinajstić information content (AvgIpc) is 3.00. The van der Waals surface area contributed by atoms with Crippen molar-refractivity contribution in [1.82, 2.24) is 0 Å². The normalized spacial score (nSPS) is 11.5. The van der Waals surface area contributed by atoms with Crippen LogP contribution in [0.15, 0.2) is 121 Å². The second-order valence-corrected chi connectivity index (χ2v) is 9.89. The minimum absolute atomic E-state index is 0.602. The second kappa shape index (κ2) is 12.0. The van der Waals surface area contributed by atoms with Gasteiger partial charge in [-0.3, -0.25) is 0 Å². The van der Waals surface area contributed by atoms with E-state index in [0.29, 0.717) is 11.1 Å². The summed E-state index contributed by atoms with van der Waals surface area (Å²) in [7, 11) is 0. The lowest BCUT2D eigenvalue weighted by molar-refractivity contribution is 1.47. The van der Waals surface area contributed by atoms with Gasteiger partial charge in [-0.1, -0.05) is 132 Å². The SMILES string of the molecule is Cc1ccc(-c2ccc(/C(C#N)=C/c3ccc(/C=C(/C#N)c4ccc(-c5ccc(C)cc5)cc4)cc3)cc2)cc1. The van der Waals surface area contributed by atoms with Gasteiger partial charge in [0.25, 0.3) is 0 Å². The lowest BCUT2D eigenvalue weighted by Crippen LogP contribution is -1.85. The third-order valence-electron chi connectivity index (χ3n) is 6.96. The van der Waals surface area contributed by atoms with E-state index in [-0.39, 0.29) is 0 Å². The molecule has 0 atom stereocenters. The molecule has 0 N–H and O–H groups in total. The minimum Gasteiger partial charge on any atom is -0.192 e. The third-order valence-corrected chi connectivity index (χ3v) is 6.96. The summed E-state index contributed by atoms with van der Waals surface area (Å²) >= 11 is 0. The fourth-order valence-corrected chi connectivity index (χ4v) is 4.56. The summed E-state index contributed by atoms with van der Waals surface area (Å²) in [5.41, 5.74) is 11.8. The molecule has 0 saturated carbocycles. The van der Waals surface area contributed by atoms with Crippen LogP contribution in [0.4, 0.5) is 0 Å². The van der Waals surface area contributed by atoms with Gasteiger partial charge in [0.05, 0.1) is 23.3 Å². The van der Waals surface area contributed by atoms with Crippen molar-refractivity contribution in [2.24, 2.45) is 0 Å². The maximum absolute atomic E-state index is 9.83. The molecule has 0 heterocycles. The van der Waals surface area contributed by atoms with E-state index in [9.17, 15) is 10.5 Å². The first-order valence-corrected chi connectivity index (χ1v) is 13.2. The highest BCUT2D eigenvalue weighted by Crippen LogP contribution is 2.26. The van der Waals surface area contributed by atoms with E-state index in [2.05, 4.69) is 98.8 Å². The van der Waals surface area contributed by atoms with Crippen LogP contribution in [-0.4, -0.2) is 0 Å². The lowest BCUT2D eigenvalue weighted by Gasteiger charge is -2.06. The first-order chi connectivity index (χ1) is 19.5. The molecular weight excluding hydrogens is 484 g/mol. The molecule has 2 heteroatoms. The Morgan fingerprint density at radius 3 is 0.975 bits per heavy atom. The van der Waals surface area contributed by atoms with Crippen LogP contribution in [-0.2, 0) is 0 Å². The van der Waals surface area contributed by atoms with Gasteiger partial charge in [-0.15, -0.1) is 0 Å². The quantitative estimate of drug-likeness (QED) is 0.168. The van der Waals surface area contributed by atoms with Crippen molar-refractivity contribution in [1.29, 1.82) is 10.5 Å². The van der Waals surface area contributed by atoms with Gasteiger partial charge < -0.3 is 0 Å². The van der Waals surface area contributed by atoms with Gasteiger partial charge in [0.1, 0.15) is 0 Å². The molecule has 0 bridgehead atoms. The Morgan fingerprint density at radius 2 is 0.700 bits per heavy atom. The number of hydrogen-bond acceptors (Lipinski definition) is 2. The summed E-state index contributed by atoms with van der Waals surface area (Å²) < 4.78 is 0. The molecule has 0 saturated heterocycles. The predicted molar refractivity (Wildman–Crippen MR) is 167 cm³/mol. The Balaban J connectivity index is 1.32. The monoisotopic (exact) mass is 512 g/mol. The molecule has 0 radical (unpaired) electrons. The zero-order valence-electron chi connectivity index (χ0n) is 22.6. The molecule has 0 aliphatic rings. The first-order valence-electron chi connectivity index (χ1n) is 13.2. The number of nitriles is 2. The Hall–Kier alpha value is -5.44. The molecule has 190 valence electrons. The summed E-state index contributed by atoms with van der Waals surface area (Å²) in [6, 6.07) is 45.6. The van der Waals surface area contributed by atoms with Crippen molar-refractivity contribution in [3.63, 3.8) is 0 Å². The number of rotatable bonds is 6. The van der Waals surface area contributed by atoms with Crippen molar-refractivity contribution in [3.05, 3.63) is 155 Å². The van der Waals surface area contributed by atoms with E-state index in [0.717, 1.165) is 44.5 Å². The molecule has 0 aromatic heterocycles. The highest BCUT2D eigenvalue weighted by molar-refractivity contribution is 5.92.